The third-order valence-corrected chi connectivity index (χ3v) is 14.4. The topological polar surface area (TPSA) is 47.9 Å². The van der Waals surface area contributed by atoms with E-state index in [-0.39, 0.29) is 27.9 Å². The van der Waals surface area contributed by atoms with E-state index < -0.39 is 28.0 Å². The van der Waals surface area contributed by atoms with Crippen LogP contribution in [0.3, 0.4) is 0 Å². The fraction of sp³-hybridized carbons (Fsp3) is 0.917. The van der Waals surface area contributed by atoms with Crippen LogP contribution in [0.5, 0.6) is 0 Å². The van der Waals surface area contributed by atoms with Crippen molar-refractivity contribution in [1.29, 1.82) is 0 Å². The summed E-state index contributed by atoms with van der Waals surface area (Å²) < 4.78 is 20.6. The van der Waals surface area contributed by atoms with Gasteiger partial charge in [0, 0.05) is 22.7 Å². The molecule has 2 aliphatic heterocycles. The molecule has 0 amide bonds. The predicted octanol–water partition coefficient (Wildman–Crippen LogP) is 5.70. The van der Waals surface area contributed by atoms with E-state index in [2.05, 4.69) is 73.4 Å². The largest absolute Gasteiger partial charge is 0.412 e. The molecule has 1 N–H and O–H groups in total. The third-order valence-electron chi connectivity index (χ3n) is 9.01. The first-order chi connectivity index (χ1) is 13.3. The molecule has 4 nitrogen and oxygen atoms in total. The van der Waals surface area contributed by atoms with Crippen LogP contribution in [0.2, 0.25) is 37.8 Å². The van der Waals surface area contributed by atoms with E-state index in [1.807, 2.05) is 6.92 Å². The maximum atomic E-state index is 12.0. The first-order valence-corrected chi connectivity index (χ1v) is 18.1. The van der Waals surface area contributed by atoms with Gasteiger partial charge in [-0.05, 0) is 63.1 Å². The number of ether oxygens (including phenoxy) is 1. The summed E-state index contributed by atoms with van der Waals surface area (Å²) in [6.45, 7) is 25.5. The molecule has 2 bridgehead atoms. The van der Waals surface area contributed by atoms with Gasteiger partial charge in [0.2, 0.25) is 5.79 Å². The van der Waals surface area contributed by atoms with Crippen LogP contribution in [0.1, 0.15) is 54.4 Å². The molecule has 5 aliphatic rings. The number of hydrogen-bond acceptors (Lipinski definition) is 4. The minimum atomic E-state index is -2.00. The molecular weight excluding hydrogens is 408 g/mol. The van der Waals surface area contributed by atoms with Crippen LogP contribution in [0.15, 0.2) is 11.6 Å². The van der Waals surface area contributed by atoms with Gasteiger partial charge in [0.1, 0.15) is 5.60 Å². The van der Waals surface area contributed by atoms with Crippen molar-refractivity contribution in [2.24, 2.45) is 22.7 Å². The van der Waals surface area contributed by atoms with Crippen LogP contribution < -0.4 is 0 Å². The van der Waals surface area contributed by atoms with Crippen LogP contribution in [0.25, 0.3) is 0 Å². The average Bonchev–Trinajstić information content (AvgIpc) is 3.27. The Bertz CT molecular complexity index is 767. The lowest BCUT2D eigenvalue weighted by atomic mass is 9.55. The Kier molecular flexibility index (Phi) is 4.73. The van der Waals surface area contributed by atoms with Crippen LogP contribution in [0, 0.1) is 22.7 Å². The Hall–Kier alpha value is 0.0138. The standard InChI is InChI=1S/C24H44O4Si2/c1-20(2,3)30(10,11)27-19-18-16(14-21(19,4)5)24(28-29(7,8)9)22(6,25)23(12-13-23)17(18)15-26-24/h14,17-19,25H,12-13,15H2,1-11H3/t17-,18+,19+,22-,24-/m1/s1. The maximum absolute atomic E-state index is 12.0. The van der Waals surface area contributed by atoms with E-state index in [1.165, 1.54) is 0 Å². The molecule has 172 valence electrons. The van der Waals surface area contributed by atoms with Crippen molar-refractivity contribution in [3.63, 3.8) is 0 Å². The summed E-state index contributed by atoms with van der Waals surface area (Å²) in [4.78, 5) is 0. The van der Waals surface area contributed by atoms with E-state index in [0.29, 0.717) is 12.5 Å². The molecule has 6 heteroatoms. The Balaban J connectivity index is 1.83. The third kappa shape index (κ3) is 2.90. The second-order valence-corrected chi connectivity index (χ2v) is 22.9. The van der Waals surface area contributed by atoms with Gasteiger partial charge in [-0.15, -0.1) is 0 Å². The lowest BCUT2D eigenvalue weighted by Crippen LogP contribution is -2.75. The smallest absolute Gasteiger partial charge is 0.212 e. The van der Waals surface area contributed by atoms with Crippen molar-refractivity contribution < 1.29 is 18.7 Å². The fourth-order valence-corrected chi connectivity index (χ4v) is 8.96. The van der Waals surface area contributed by atoms with Crippen molar-refractivity contribution in [2.75, 3.05) is 6.61 Å². The highest BCUT2D eigenvalue weighted by Crippen LogP contribution is 2.75. The van der Waals surface area contributed by atoms with Gasteiger partial charge in [-0.25, -0.2) is 0 Å². The van der Waals surface area contributed by atoms with E-state index in [4.69, 9.17) is 13.6 Å². The molecule has 4 fully saturated rings. The van der Waals surface area contributed by atoms with Crippen molar-refractivity contribution >= 4 is 16.6 Å². The van der Waals surface area contributed by atoms with Gasteiger partial charge in [0.05, 0.1) is 12.7 Å². The molecule has 0 radical (unpaired) electrons. The molecular formula is C24H44O4Si2. The molecule has 0 unspecified atom stereocenters. The Morgan fingerprint density at radius 1 is 1.07 bits per heavy atom. The van der Waals surface area contributed by atoms with Crippen molar-refractivity contribution in [3.8, 4) is 0 Å². The molecule has 0 aromatic carbocycles. The molecule has 5 atom stereocenters. The molecule has 2 heterocycles. The van der Waals surface area contributed by atoms with Gasteiger partial charge < -0.3 is 18.7 Å². The normalized spacial score (nSPS) is 41.7. The highest BCUT2D eigenvalue weighted by molar-refractivity contribution is 6.74. The summed E-state index contributed by atoms with van der Waals surface area (Å²) in [7, 11) is -3.96. The molecule has 0 aromatic heterocycles. The zero-order valence-electron chi connectivity index (χ0n) is 21.1. The second-order valence-electron chi connectivity index (χ2n) is 13.7. The maximum Gasteiger partial charge on any atom is 0.212 e. The first kappa shape index (κ1) is 23.2. The number of hydrogen-bond donors (Lipinski definition) is 1. The van der Waals surface area contributed by atoms with Gasteiger partial charge in [-0.2, -0.15) is 0 Å². The predicted molar refractivity (Wildman–Crippen MR) is 126 cm³/mol. The second kappa shape index (κ2) is 6.12. The number of fused-ring (bicyclic) bond motifs is 1. The van der Waals surface area contributed by atoms with Crippen LogP contribution in [-0.2, 0) is 13.6 Å². The molecule has 30 heavy (non-hydrogen) atoms. The van der Waals surface area contributed by atoms with Gasteiger partial charge in [-0.3, -0.25) is 0 Å². The van der Waals surface area contributed by atoms with E-state index in [0.717, 1.165) is 18.4 Å². The molecule has 5 rings (SSSR count). The summed E-state index contributed by atoms with van der Waals surface area (Å²) in [5, 5.41) is 12.2. The highest BCUT2D eigenvalue weighted by atomic mass is 28.4. The fourth-order valence-electron chi connectivity index (χ4n) is 6.29. The molecule has 1 spiro atoms. The molecule has 2 saturated heterocycles. The summed E-state index contributed by atoms with van der Waals surface area (Å²) in [6, 6.07) is 0. The van der Waals surface area contributed by atoms with Gasteiger partial charge >= 0.3 is 0 Å². The zero-order valence-corrected chi connectivity index (χ0v) is 23.1. The van der Waals surface area contributed by atoms with Crippen molar-refractivity contribution in [3.05, 3.63) is 11.6 Å². The summed E-state index contributed by atoms with van der Waals surface area (Å²) in [6.07, 6.45) is 4.58. The summed E-state index contributed by atoms with van der Waals surface area (Å²) >= 11 is 0. The van der Waals surface area contributed by atoms with Crippen LogP contribution >= 0.6 is 0 Å². The Morgan fingerprint density at radius 2 is 1.63 bits per heavy atom. The minimum Gasteiger partial charge on any atom is -0.412 e. The van der Waals surface area contributed by atoms with Crippen molar-refractivity contribution in [1.82, 2.24) is 0 Å². The van der Waals surface area contributed by atoms with E-state index >= 15 is 0 Å². The van der Waals surface area contributed by atoms with Crippen LogP contribution in [-0.4, -0.2) is 45.8 Å². The Morgan fingerprint density at radius 3 is 2.10 bits per heavy atom. The average molecular weight is 453 g/mol. The highest BCUT2D eigenvalue weighted by Gasteiger charge is 2.81. The van der Waals surface area contributed by atoms with E-state index in [9.17, 15) is 5.11 Å². The SMILES string of the molecule is CC1(C)C=C2[C@@H]([C@H]3CO[C@]2(O[Si](C)(C)C)[C@](C)(O)C32CC2)[C@@H]1O[Si](C)(C)C(C)(C)C. The summed E-state index contributed by atoms with van der Waals surface area (Å²) in [5.41, 5.74) is -0.0700. The lowest BCUT2D eigenvalue weighted by molar-refractivity contribution is -0.355. The first-order valence-electron chi connectivity index (χ1n) is 11.8. The lowest BCUT2D eigenvalue weighted by Gasteiger charge is -2.65. The zero-order chi connectivity index (χ0) is 22.8. The molecule has 3 aliphatic carbocycles. The van der Waals surface area contributed by atoms with Crippen molar-refractivity contribution in [2.45, 2.75) is 110 Å². The monoisotopic (exact) mass is 452 g/mol. The summed E-state index contributed by atoms with van der Waals surface area (Å²) in [5.74, 6) is -0.472. The van der Waals surface area contributed by atoms with E-state index in [1.54, 1.807) is 0 Å². The van der Waals surface area contributed by atoms with Gasteiger partial charge in [-0.1, -0.05) is 40.7 Å². The number of rotatable bonds is 4. The van der Waals surface area contributed by atoms with Gasteiger partial charge in [0.15, 0.2) is 16.6 Å². The van der Waals surface area contributed by atoms with Crippen LogP contribution in [0.4, 0.5) is 0 Å². The Labute approximate surface area is 186 Å². The molecule has 0 aromatic rings. The number of aliphatic hydroxyl groups is 1. The minimum absolute atomic E-state index is 0.109. The van der Waals surface area contributed by atoms with Gasteiger partial charge in [0.25, 0.3) is 0 Å². The molecule has 2 saturated carbocycles. The quantitative estimate of drug-likeness (QED) is 0.439.